The minimum atomic E-state index is -0.0665. The van der Waals surface area contributed by atoms with E-state index in [0.29, 0.717) is 0 Å². The summed E-state index contributed by atoms with van der Waals surface area (Å²) < 4.78 is 2.42. The van der Waals surface area contributed by atoms with Crippen LogP contribution in [0, 0.1) is 0 Å². The first-order valence-electron chi connectivity index (χ1n) is 21.0. The lowest BCUT2D eigenvalue weighted by Gasteiger charge is -2.23. The zero-order chi connectivity index (χ0) is 40.0. The van der Waals surface area contributed by atoms with Gasteiger partial charge in [-0.1, -0.05) is 190 Å². The molecule has 12 rings (SSSR count). The Balaban J connectivity index is 0.968. The van der Waals surface area contributed by atoms with E-state index in [4.69, 9.17) is 0 Å². The number of nitrogens with zero attached hydrogens (tertiary/aromatic N) is 1. The first kappa shape index (κ1) is 34.6. The van der Waals surface area contributed by atoms with Crippen LogP contribution in [-0.4, -0.2) is 4.57 Å². The molecule has 0 spiro atoms. The predicted octanol–water partition coefficient (Wildman–Crippen LogP) is 16.1. The van der Waals surface area contributed by atoms with Gasteiger partial charge in [-0.2, -0.15) is 0 Å². The van der Waals surface area contributed by atoms with Gasteiger partial charge in [0.25, 0.3) is 0 Å². The maximum atomic E-state index is 2.47. The lowest BCUT2D eigenvalue weighted by atomic mass is 9.80. The molecule has 1 heteroatoms. The van der Waals surface area contributed by atoms with Gasteiger partial charge in [0, 0.05) is 21.9 Å². The van der Waals surface area contributed by atoms with E-state index < -0.39 is 0 Å². The number of hydrogen-bond acceptors (Lipinski definition) is 0. The summed E-state index contributed by atoms with van der Waals surface area (Å²) in [6.45, 7) is 4.74. The van der Waals surface area contributed by atoms with Crippen molar-refractivity contribution < 1.29 is 0 Å². The average molecular weight is 764 g/mol. The van der Waals surface area contributed by atoms with Gasteiger partial charge in [0.15, 0.2) is 0 Å². The van der Waals surface area contributed by atoms with Gasteiger partial charge in [-0.25, -0.2) is 0 Å². The Morgan fingerprint density at radius 3 is 1.45 bits per heavy atom. The van der Waals surface area contributed by atoms with Crippen molar-refractivity contribution >= 4 is 43.4 Å². The van der Waals surface area contributed by atoms with Gasteiger partial charge in [-0.3, -0.25) is 0 Å². The summed E-state index contributed by atoms with van der Waals surface area (Å²) in [5.74, 6) is 0. The first-order valence-corrected chi connectivity index (χ1v) is 21.0. The zero-order valence-corrected chi connectivity index (χ0v) is 33.7. The molecule has 0 saturated carbocycles. The molecule has 0 fully saturated rings. The lowest BCUT2D eigenvalue weighted by molar-refractivity contribution is 0.660. The molecule has 10 aromatic carbocycles. The molecule has 0 radical (unpaired) electrons. The van der Waals surface area contributed by atoms with Crippen molar-refractivity contribution in [3.63, 3.8) is 0 Å². The topological polar surface area (TPSA) is 4.93 Å². The summed E-state index contributed by atoms with van der Waals surface area (Å²) in [5.41, 5.74) is 18.9. The molecule has 0 atom stereocenters. The van der Waals surface area contributed by atoms with Gasteiger partial charge in [0.2, 0.25) is 0 Å². The van der Waals surface area contributed by atoms with Crippen LogP contribution >= 0.6 is 0 Å². The summed E-state index contributed by atoms with van der Waals surface area (Å²) in [6.07, 6.45) is 0. The van der Waals surface area contributed by atoms with E-state index in [2.05, 4.69) is 231 Å². The molecular weight excluding hydrogens is 723 g/mol. The largest absolute Gasteiger partial charge is 0.309 e. The molecule has 11 aromatic rings. The van der Waals surface area contributed by atoms with Crippen LogP contribution in [0.15, 0.2) is 212 Å². The van der Waals surface area contributed by atoms with Crippen molar-refractivity contribution in [3.05, 3.63) is 223 Å². The Morgan fingerprint density at radius 2 is 0.767 bits per heavy atom. The number of rotatable bonds is 5. The predicted molar refractivity (Wildman–Crippen MR) is 255 cm³/mol. The van der Waals surface area contributed by atoms with Crippen molar-refractivity contribution in [2.75, 3.05) is 0 Å². The molecule has 1 aliphatic rings. The molecule has 0 N–H and O–H groups in total. The summed E-state index contributed by atoms with van der Waals surface area (Å²) in [4.78, 5) is 0. The van der Waals surface area contributed by atoms with Crippen LogP contribution in [0.3, 0.4) is 0 Å². The summed E-state index contributed by atoms with van der Waals surface area (Å²) in [6, 6.07) is 78.6. The standard InChI is InChI=1S/C59H41N/c1-59(2)53-22-12-10-16-45(53)46-34-30-43(37-54(46)59)58-50-20-8-6-18-48(50)57(49-19-7-9-21-51(49)58)41-28-32-44(33-29-41)60-55-23-13-11-17-47(55)52-36-42(31-35-56(52)60)40-26-24-39(25-27-40)38-14-4-3-5-15-38/h3-37H,1-2H3. The highest BCUT2D eigenvalue weighted by Gasteiger charge is 2.35. The molecule has 0 amide bonds. The lowest BCUT2D eigenvalue weighted by Crippen LogP contribution is -2.14. The third kappa shape index (κ3) is 5.19. The van der Waals surface area contributed by atoms with Gasteiger partial charge in [-0.05, 0) is 125 Å². The maximum Gasteiger partial charge on any atom is 0.0541 e. The number of aromatic nitrogens is 1. The third-order valence-corrected chi connectivity index (χ3v) is 13.2. The molecule has 0 bridgehead atoms. The van der Waals surface area contributed by atoms with Gasteiger partial charge < -0.3 is 4.57 Å². The molecule has 1 nitrogen and oxygen atoms in total. The van der Waals surface area contributed by atoms with Crippen molar-refractivity contribution in [1.29, 1.82) is 0 Å². The minimum absolute atomic E-state index is 0.0665. The average Bonchev–Trinajstić information content (AvgIpc) is 3.76. The molecule has 1 heterocycles. The highest BCUT2D eigenvalue weighted by atomic mass is 15.0. The fourth-order valence-electron chi connectivity index (χ4n) is 10.3. The number of hydrogen-bond donors (Lipinski definition) is 0. The molecule has 0 saturated heterocycles. The monoisotopic (exact) mass is 763 g/mol. The molecule has 1 aliphatic carbocycles. The molecule has 282 valence electrons. The van der Waals surface area contributed by atoms with Gasteiger partial charge in [0.05, 0.1) is 11.0 Å². The van der Waals surface area contributed by atoms with Gasteiger partial charge >= 0.3 is 0 Å². The second kappa shape index (κ2) is 13.3. The molecule has 0 unspecified atom stereocenters. The van der Waals surface area contributed by atoms with E-state index in [1.54, 1.807) is 0 Å². The SMILES string of the molecule is CC1(C)c2ccccc2-c2ccc(-c3c4ccccc4c(-c4ccc(-n5c6ccccc6c6cc(-c7ccc(-c8ccccc8)cc7)ccc65)cc4)c4ccccc34)cc21. The fraction of sp³-hybridized carbons (Fsp3) is 0.0508. The van der Waals surface area contributed by atoms with Crippen molar-refractivity contribution in [3.8, 4) is 61.3 Å². The van der Waals surface area contributed by atoms with Crippen LogP contribution in [0.25, 0.3) is 105 Å². The van der Waals surface area contributed by atoms with Crippen molar-refractivity contribution in [2.45, 2.75) is 19.3 Å². The third-order valence-electron chi connectivity index (χ3n) is 13.2. The Bertz CT molecular complexity index is 3420. The van der Waals surface area contributed by atoms with Crippen molar-refractivity contribution in [1.82, 2.24) is 4.57 Å². The van der Waals surface area contributed by atoms with Crippen LogP contribution in [0.1, 0.15) is 25.0 Å². The Morgan fingerprint density at radius 1 is 0.300 bits per heavy atom. The fourth-order valence-corrected chi connectivity index (χ4v) is 10.3. The van der Waals surface area contributed by atoms with Crippen LogP contribution in [0.2, 0.25) is 0 Å². The summed E-state index contributed by atoms with van der Waals surface area (Å²) in [7, 11) is 0. The molecule has 0 aliphatic heterocycles. The second-order valence-electron chi connectivity index (χ2n) is 16.8. The first-order chi connectivity index (χ1) is 29.5. The Labute approximate surface area is 350 Å². The van der Waals surface area contributed by atoms with Crippen LogP contribution in [0.4, 0.5) is 0 Å². The summed E-state index contributed by atoms with van der Waals surface area (Å²) in [5, 5.41) is 7.59. The minimum Gasteiger partial charge on any atom is -0.309 e. The zero-order valence-electron chi connectivity index (χ0n) is 33.7. The Hall–Kier alpha value is -7.48. The second-order valence-corrected chi connectivity index (χ2v) is 16.8. The van der Waals surface area contributed by atoms with Crippen LogP contribution in [-0.2, 0) is 5.41 Å². The highest BCUT2D eigenvalue weighted by molar-refractivity contribution is 6.21. The number of para-hydroxylation sites is 1. The van der Waals surface area contributed by atoms with Crippen LogP contribution < -0.4 is 0 Å². The normalized spacial score (nSPS) is 13.0. The van der Waals surface area contributed by atoms with E-state index in [0.717, 1.165) is 5.69 Å². The highest BCUT2D eigenvalue weighted by Crippen LogP contribution is 2.51. The van der Waals surface area contributed by atoms with Gasteiger partial charge in [-0.15, -0.1) is 0 Å². The number of fused-ring (bicyclic) bond motifs is 8. The van der Waals surface area contributed by atoms with Crippen molar-refractivity contribution in [2.24, 2.45) is 0 Å². The molecule has 1 aromatic heterocycles. The van der Waals surface area contributed by atoms with E-state index in [9.17, 15) is 0 Å². The van der Waals surface area contributed by atoms with E-state index in [-0.39, 0.29) is 5.41 Å². The Kier molecular flexibility index (Phi) is 7.65. The quantitative estimate of drug-likeness (QED) is 0.154. The van der Waals surface area contributed by atoms with E-state index in [1.165, 1.54) is 110 Å². The smallest absolute Gasteiger partial charge is 0.0541 e. The van der Waals surface area contributed by atoms with E-state index >= 15 is 0 Å². The number of benzene rings is 10. The maximum absolute atomic E-state index is 2.47. The van der Waals surface area contributed by atoms with E-state index in [1.807, 2.05) is 0 Å². The van der Waals surface area contributed by atoms with Crippen LogP contribution in [0.5, 0.6) is 0 Å². The van der Waals surface area contributed by atoms with Gasteiger partial charge in [0.1, 0.15) is 0 Å². The molecule has 60 heavy (non-hydrogen) atoms. The molecular formula is C59H41N. The summed E-state index contributed by atoms with van der Waals surface area (Å²) >= 11 is 0.